The molecule has 130 valence electrons. The van der Waals surface area contributed by atoms with Crippen LogP contribution in [0, 0.1) is 0 Å². The molecule has 0 fully saturated rings. The van der Waals surface area contributed by atoms with Crippen molar-refractivity contribution >= 4 is 11.6 Å². The Balaban J connectivity index is 1.24. The molecule has 1 aliphatic heterocycles. The van der Waals surface area contributed by atoms with Crippen LogP contribution >= 0.6 is 0 Å². The highest BCUT2D eigenvalue weighted by Gasteiger charge is 2.28. The first-order valence-electron chi connectivity index (χ1n) is 8.88. The third kappa shape index (κ3) is 3.57. The predicted octanol–water partition coefficient (Wildman–Crippen LogP) is 2.29. The molecule has 1 aromatic carbocycles. The van der Waals surface area contributed by atoms with Crippen molar-refractivity contribution in [3.63, 3.8) is 0 Å². The van der Waals surface area contributed by atoms with Crippen molar-refractivity contribution < 1.29 is 9.63 Å². The van der Waals surface area contributed by atoms with Crippen molar-refractivity contribution in [1.29, 1.82) is 0 Å². The average molecular weight is 338 g/mol. The Morgan fingerprint density at radius 3 is 3.00 bits per heavy atom. The highest BCUT2D eigenvalue weighted by atomic mass is 16.6. The van der Waals surface area contributed by atoms with Crippen LogP contribution in [0.2, 0.25) is 0 Å². The van der Waals surface area contributed by atoms with Crippen LogP contribution in [0.15, 0.2) is 35.5 Å². The molecule has 2 aromatic rings. The van der Waals surface area contributed by atoms with Crippen molar-refractivity contribution in [2.75, 3.05) is 0 Å². The highest BCUT2D eigenvalue weighted by Crippen LogP contribution is 2.22. The number of nitrogens with one attached hydrogen (secondary N) is 2. The van der Waals surface area contributed by atoms with Crippen molar-refractivity contribution in [2.24, 2.45) is 5.16 Å². The van der Waals surface area contributed by atoms with Gasteiger partial charge in [0.2, 0.25) is 6.10 Å². The molecule has 0 bridgehead atoms. The largest absolute Gasteiger partial charge is 0.382 e. The summed E-state index contributed by atoms with van der Waals surface area (Å²) >= 11 is 0. The molecule has 1 aromatic heterocycles. The van der Waals surface area contributed by atoms with Gasteiger partial charge < -0.3 is 10.2 Å². The van der Waals surface area contributed by atoms with E-state index < -0.39 is 6.10 Å². The molecule has 2 N–H and O–H groups in total. The number of nitrogens with zero attached hydrogens (tertiary/aromatic N) is 2. The fraction of sp³-hybridized carbons (Fsp3) is 0.421. The SMILES string of the molecule is O=C(NCc1n[nH]c2c1CCC2)C1CC(CCc2ccccc2)=NO1. The molecular weight excluding hydrogens is 316 g/mol. The Hall–Kier alpha value is -2.63. The van der Waals surface area contributed by atoms with Gasteiger partial charge in [0, 0.05) is 12.1 Å². The van der Waals surface area contributed by atoms with Gasteiger partial charge in [-0.2, -0.15) is 5.10 Å². The molecule has 2 heterocycles. The van der Waals surface area contributed by atoms with Gasteiger partial charge in [-0.15, -0.1) is 0 Å². The standard InChI is InChI=1S/C19H22N4O2/c24-19(20-12-17-15-7-4-8-16(15)21-22-17)18-11-14(23-25-18)10-9-13-5-2-1-3-6-13/h1-3,5-6,18H,4,7-12H2,(H,20,24)(H,21,22). The first-order valence-corrected chi connectivity index (χ1v) is 8.88. The molecule has 1 aliphatic carbocycles. The Morgan fingerprint density at radius 1 is 1.24 bits per heavy atom. The Labute approximate surface area is 146 Å². The van der Waals surface area contributed by atoms with E-state index in [2.05, 4.69) is 32.8 Å². The van der Waals surface area contributed by atoms with Gasteiger partial charge in [0.25, 0.3) is 5.91 Å². The molecular formula is C19H22N4O2. The van der Waals surface area contributed by atoms with Crippen LogP contribution in [0.5, 0.6) is 0 Å². The molecule has 1 atom stereocenters. The second kappa shape index (κ2) is 7.09. The van der Waals surface area contributed by atoms with Gasteiger partial charge in [0.15, 0.2) is 0 Å². The Bertz CT molecular complexity index is 782. The summed E-state index contributed by atoms with van der Waals surface area (Å²) in [7, 11) is 0. The number of carbonyl (C=O) groups is 1. The van der Waals surface area contributed by atoms with Crippen LogP contribution in [-0.2, 0) is 35.4 Å². The molecule has 6 nitrogen and oxygen atoms in total. The summed E-state index contributed by atoms with van der Waals surface area (Å²) in [6.07, 6.45) is 5.05. The minimum atomic E-state index is -0.516. The van der Waals surface area contributed by atoms with E-state index in [0.717, 1.165) is 43.5 Å². The molecule has 6 heteroatoms. The molecule has 2 aliphatic rings. The fourth-order valence-electron chi connectivity index (χ4n) is 3.47. The lowest BCUT2D eigenvalue weighted by atomic mass is 10.0. The number of aryl methyl sites for hydroxylation is 2. The monoisotopic (exact) mass is 338 g/mol. The predicted molar refractivity (Wildman–Crippen MR) is 94.1 cm³/mol. The van der Waals surface area contributed by atoms with Gasteiger partial charge in [-0.05, 0) is 43.2 Å². The molecule has 4 rings (SSSR count). The number of benzene rings is 1. The van der Waals surface area contributed by atoms with Crippen LogP contribution in [0.3, 0.4) is 0 Å². The summed E-state index contributed by atoms with van der Waals surface area (Å²) in [6.45, 7) is 0.448. The van der Waals surface area contributed by atoms with Crippen LogP contribution < -0.4 is 5.32 Å². The van der Waals surface area contributed by atoms with E-state index in [4.69, 9.17) is 4.84 Å². The van der Waals surface area contributed by atoms with Crippen LogP contribution in [-0.4, -0.2) is 27.9 Å². The summed E-state index contributed by atoms with van der Waals surface area (Å²) in [5, 5.41) is 14.4. The zero-order valence-electron chi connectivity index (χ0n) is 14.1. The lowest BCUT2D eigenvalue weighted by Crippen LogP contribution is -2.34. The van der Waals surface area contributed by atoms with E-state index >= 15 is 0 Å². The van der Waals surface area contributed by atoms with E-state index in [0.29, 0.717) is 13.0 Å². The summed E-state index contributed by atoms with van der Waals surface area (Å²) in [4.78, 5) is 17.6. The van der Waals surface area contributed by atoms with Crippen molar-refractivity contribution in [1.82, 2.24) is 15.5 Å². The normalized spacial score (nSPS) is 18.6. The lowest BCUT2D eigenvalue weighted by molar-refractivity contribution is -0.131. The number of carbonyl (C=O) groups excluding carboxylic acids is 1. The van der Waals surface area contributed by atoms with E-state index in [1.165, 1.54) is 16.8 Å². The van der Waals surface area contributed by atoms with Crippen LogP contribution in [0.25, 0.3) is 0 Å². The van der Waals surface area contributed by atoms with Crippen LogP contribution in [0.1, 0.15) is 41.8 Å². The number of amides is 1. The topological polar surface area (TPSA) is 79.4 Å². The fourth-order valence-corrected chi connectivity index (χ4v) is 3.47. The number of rotatable bonds is 6. The molecule has 0 saturated carbocycles. The van der Waals surface area contributed by atoms with Crippen molar-refractivity contribution in [3.8, 4) is 0 Å². The maximum absolute atomic E-state index is 12.3. The Morgan fingerprint density at radius 2 is 2.12 bits per heavy atom. The number of aromatic amines is 1. The third-order valence-corrected chi connectivity index (χ3v) is 4.89. The first kappa shape index (κ1) is 15.9. The number of fused-ring (bicyclic) bond motifs is 1. The molecule has 1 amide bonds. The highest BCUT2D eigenvalue weighted by molar-refractivity contribution is 5.92. The summed E-state index contributed by atoms with van der Waals surface area (Å²) < 4.78 is 0. The molecule has 1 unspecified atom stereocenters. The van der Waals surface area contributed by atoms with E-state index in [-0.39, 0.29) is 5.91 Å². The minimum absolute atomic E-state index is 0.117. The minimum Gasteiger partial charge on any atom is -0.382 e. The second-order valence-corrected chi connectivity index (χ2v) is 6.64. The van der Waals surface area contributed by atoms with Gasteiger partial charge >= 0.3 is 0 Å². The molecule has 0 radical (unpaired) electrons. The zero-order valence-corrected chi connectivity index (χ0v) is 14.1. The third-order valence-electron chi connectivity index (χ3n) is 4.89. The van der Waals surface area contributed by atoms with Crippen LogP contribution in [0.4, 0.5) is 0 Å². The molecule has 0 saturated heterocycles. The summed E-state index contributed by atoms with van der Waals surface area (Å²) in [6, 6.07) is 10.3. The van der Waals surface area contributed by atoms with Crippen molar-refractivity contribution in [3.05, 3.63) is 52.8 Å². The number of oxime groups is 1. The zero-order chi connectivity index (χ0) is 17.1. The van der Waals surface area contributed by atoms with Gasteiger partial charge in [-0.25, -0.2) is 0 Å². The first-order chi connectivity index (χ1) is 12.3. The maximum Gasteiger partial charge on any atom is 0.264 e. The van der Waals surface area contributed by atoms with Crippen molar-refractivity contribution in [2.45, 2.75) is 51.2 Å². The molecule has 25 heavy (non-hydrogen) atoms. The number of aromatic nitrogens is 2. The average Bonchev–Trinajstić information content (AvgIpc) is 3.36. The lowest BCUT2D eigenvalue weighted by Gasteiger charge is -2.09. The Kier molecular flexibility index (Phi) is 4.50. The smallest absolute Gasteiger partial charge is 0.264 e. The van der Waals surface area contributed by atoms with E-state index in [1.807, 2.05) is 18.2 Å². The van der Waals surface area contributed by atoms with Gasteiger partial charge in [-0.1, -0.05) is 35.5 Å². The van der Waals surface area contributed by atoms with E-state index in [1.54, 1.807) is 0 Å². The summed E-state index contributed by atoms with van der Waals surface area (Å²) in [5.41, 5.74) is 5.65. The van der Waals surface area contributed by atoms with Gasteiger partial charge in [0.05, 0.1) is 18.0 Å². The number of H-pyrrole nitrogens is 1. The van der Waals surface area contributed by atoms with Gasteiger partial charge in [0.1, 0.15) is 0 Å². The quantitative estimate of drug-likeness (QED) is 0.848. The number of hydrogen-bond donors (Lipinski definition) is 2. The molecule has 0 spiro atoms. The van der Waals surface area contributed by atoms with E-state index in [9.17, 15) is 4.79 Å². The van der Waals surface area contributed by atoms with Gasteiger partial charge in [-0.3, -0.25) is 9.89 Å². The second-order valence-electron chi connectivity index (χ2n) is 6.64. The number of hydrogen-bond acceptors (Lipinski definition) is 4. The maximum atomic E-state index is 12.3. The summed E-state index contributed by atoms with van der Waals surface area (Å²) in [5.74, 6) is -0.117.